The number of aromatic amines is 1. The number of H-pyrrole nitrogens is 1. The first kappa shape index (κ1) is 19.9. The quantitative estimate of drug-likeness (QED) is 0.824. The molecule has 0 radical (unpaired) electrons. The number of carbonyl (C=O) groups is 2. The van der Waals surface area contributed by atoms with Crippen molar-refractivity contribution in [1.82, 2.24) is 20.2 Å². The predicted molar refractivity (Wildman–Crippen MR) is 109 cm³/mol. The zero-order valence-corrected chi connectivity index (χ0v) is 16.9. The highest BCUT2D eigenvalue weighted by Gasteiger charge is 2.37. The first-order chi connectivity index (χ1) is 13.4. The minimum Gasteiger partial charge on any atom is -0.453 e. The third-order valence-corrected chi connectivity index (χ3v) is 5.13. The first-order valence-electron chi connectivity index (χ1n) is 9.72. The van der Waals surface area contributed by atoms with E-state index in [1.807, 2.05) is 56.0 Å². The van der Waals surface area contributed by atoms with Crippen LogP contribution < -0.4 is 5.32 Å². The van der Waals surface area contributed by atoms with Gasteiger partial charge in [-0.3, -0.25) is 4.79 Å². The number of ether oxygens (including phenoxy) is 1. The Morgan fingerprint density at radius 3 is 2.86 bits per heavy atom. The van der Waals surface area contributed by atoms with E-state index < -0.39 is 12.1 Å². The number of benzene rings is 1. The summed E-state index contributed by atoms with van der Waals surface area (Å²) in [6, 6.07) is 5.34. The summed E-state index contributed by atoms with van der Waals surface area (Å²) in [4.78, 5) is 34.8. The molecule has 1 fully saturated rings. The molecule has 28 heavy (non-hydrogen) atoms. The number of rotatable bonds is 5. The van der Waals surface area contributed by atoms with Gasteiger partial charge in [-0.2, -0.15) is 0 Å². The smallest absolute Gasteiger partial charge is 0.407 e. The molecule has 0 unspecified atom stereocenters. The van der Waals surface area contributed by atoms with E-state index in [1.165, 1.54) is 7.11 Å². The molecule has 2 heterocycles. The van der Waals surface area contributed by atoms with Crippen molar-refractivity contribution in [3.8, 4) is 0 Å². The number of nitrogens with one attached hydrogen (secondary N) is 2. The number of nitrogens with zero attached hydrogens (tertiary/aromatic N) is 2. The molecule has 2 amide bonds. The molecular weight excluding hydrogens is 356 g/mol. The molecule has 7 nitrogen and oxygen atoms in total. The number of carbonyl (C=O) groups excluding carboxylic acids is 2. The summed E-state index contributed by atoms with van der Waals surface area (Å²) in [5, 5.41) is 2.67. The van der Waals surface area contributed by atoms with E-state index in [0.29, 0.717) is 6.54 Å². The van der Waals surface area contributed by atoms with Gasteiger partial charge in [0, 0.05) is 6.54 Å². The molecule has 1 aromatic carbocycles. The number of hydrogen-bond donors (Lipinski definition) is 2. The SMILES string of the molecule is C/C=C/c1ccc2[nH]c([C@@H]3CCCN3C(=O)[C@@H](NC(=O)OC)C(C)C)nc2c1. The summed E-state index contributed by atoms with van der Waals surface area (Å²) in [7, 11) is 1.30. The van der Waals surface area contributed by atoms with Crippen LogP contribution in [0, 0.1) is 5.92 Å². The fourth-order valence-electron chi connectivity index (χ4n) is 3.69. The van der Waals surface area contributed by atoms with Gasteiger partial charge < -0.3 is 19.9 Å². The minimum atomic E-state index is -0.626. The van der Waals surface area contributed by atoms with Gasteiger partial charge >= 0.3 is 6.09 Å². The Bertz CT molecular complexity index is 887. The van der Waals surface area contributed by atoms with Crippen LogP contribution in [0.2, 0.25) is 0 Å². The summed E-state index contributed by atoms with van der Waals surface area (Å²) in [5.74, 6) is 0.643. The number of hydrogen-bond acceptors (Lipinski definition) is 4. The van der Waals surface area contributed by atoms with E-state index in [9.17, 15) is 9.59 Å². The second kappa shape index (κ2) is 8.46. The molecule has 0 bridgehead atoms. The summed E-state index contributed by atoms with van der Waals surface area (Å²) >= 11 is 0. The fraction of sp³-hybridized carbons (Fsp3) is 0.476. The maximum Gasteiger partial charge on any atom is 0.407 e. The highest BCUT2D eigenvalue weighted by Crippen LogP contribution is 2.32. The van der Waals surface area contributed by atoms with Crippen molar-refractivity contribution in [2.24, 2.45) is 5.92 Å². The van der Waals surface area contributed by atoms with Gasteiger partial charge in [0.05, 0.1) is 24.2 Å². The Balaban J connectivity index is 1.86. The van der Waals surface area contributed by atoms with Crippen LogP contribution in [-0.2, 0) is 9.53 Å². The average molecular weight is 384 g/mol. The lowest BCUT2D eigenvalue weighted by atomic mass is 10.0. The Morgan fingerprint density at radius 2 is 2.18 bits per heavy atom. The van der Waals surface area contributed by atoms with E-state index in [2.05, 4.69) is 15.0 Å². The number of aromatic nitrogens is 2. The van der Waals surface area contributed by atoms with Crippen molar-refractivity contribution in [2.75, 3.05) is 13.7 Å². The van der Waals surface area contributed by atoms with Crippen LogP contribution in [0.25, 0.3) is 17.1 Å². The largest absolute Gasteiger partial charge is 0.453 e. The molecule has 1 aliphatic rings. The average Bonchev–Trinajstić information content (AvgIpc) is 3.31. The van der Waals surface area contributed by atoms with Crippen molar-refractivity contribution >= 4 is 29.1 Å². The molecule has 3 rings (SSSR count). The summed E-state index contributed by atoms with van der Waals surface area (Å²) in [6.45, 7) is 6.45. The molecular formula is C21H28N4O3. The molecule has 0 saturated carbocycles. The Morgan fingerprint density at radius 1 is 1.39 bits per heavy atom. The molecule has 1 aliphatic heterocycles. The zero-order valence-electron chi connectivity index (χ0n) is 16.9. The molecule has 2 N–H and O–H groups in total. The van der Waals surface area contributed by atoms with Gasteiger partial charge in [-0.25, -0.2) is 9.78 Å². The molecule has 0 aliphatic carbocycles. The van der Waals surface area contributed by atoms with Crippen molar-refractivity contribution < 1.29 is 14.3 Å². The number of imidazole rings is 1. The van der Waals surface area contributed by atoms with Crippen LogP contribution in [0.4, 0.5) is 4.79 Å². The van der Waals surface area contributed by atoms with Gasteiger partial charge in [0.1, 0.15) is 11.9 Å². The summed E-state index contributed by atoms with van der Waals surface area (Å²) in [6.07, 6.45) is 5.18. The second-order valence-electron chi connectivity index (χ2n) is 7.45. The number of likely N-dealkylation sites (tertiary alicyclic amines) is 1. The van der Waals surface area contributed by atoms with E-state index in [1.54, 1.807) is 0 Å². The van der Waals surface area contributed by atoms with Crippen molar-refractivity contribution in [2.45, 2.75) is 45.7 Å². The highest BCUT2D eigenvalue weighted by molar-refractivity contribution is 5.86. The molecule has 1 aromatic heterocycles. The highest BCUT2D eigenvalue weighted by atomic mass is 16.5. The van der Waals surface area contributed by atoms with E-state index in [4.69, 9.17) is 4.98 Å². The zero-order chi connectivity index (χ0) is 20.3. The van der Waals surface area contributed by atoms with E-state index in [0.717, 1.165) is 35.3 Å². The maximum absolute atomic E-state index is 13.2. The number of fused-ring (bicyclic) bond motifs is 1. The number of allylic oxidation sites excluding steroid dienone is 1. The Kier molecular flexibility index (Phi) is 6.02. The normalized spacial score (nSPS) is 18.2. The lowest BCUT2D eigenvalue weighted by Crippen LogP contribution is -2.51. The number of amides is 2. The minimum absolute atomic E-state index is 0.0492. The van der Waals surface area contributed by atoms with Crippen molar-refractivity contribution in [1.29, 1.82) is 0 Å². The van der Waals surface area contributed by atoms with Crippen molar-refractivity contribution in [3.63, 3.8) is 0 Å². The van der Waals surface area contributed by atoms with E-state index in [-0.39, 0.29) is 17.9 Å². The Hall–Kier alpha value is -2.83. The van der Waals surface area contributed by atoms with Crippen LogP contribution in [0.3, 0.4) is 0 Å². The Labute approximate surface area is 165 Å². The molecule has 2 aromatic rings. The summed E-state index contributed by atoms with van der Waals surface area (Å²) in [5.41, 5.74) is 2.93. The van der Waals surface area contributed by atoms with Crippen LogP contribution in [0.5, 0.6) is 0 Å². The van der Waals surface area contributed by atoms with E-state index >= 15 is 0 Å². The molecule has 1 saturated heterocycles. The first-order valence-corrected chi connectivity index (χ1v) is 9.72. The van der Waals surface area contributed by atoms with Gasteiger partial charge in [0.2, 0.25) is 5.91 Å². The van der Waals surface area contributed by atoms with Crippen molar-refractivity contribution in [3.05, 3.63) is 35.7 Å². The molecule has 0 spiro atoms. The molecule has 2 atom stereocenters. The third kappa shape index (κ3) is 4.03. The molecule has 7 heteroatoms. The fourth-order valence-corrected chi connectivity index (χ4v) is 3.69. The standard InChI is InChI=1S/C21H28N4O3/c1-5-7-14-9-10-15-16(12-14)23-19(22-15)17-8-6-11-25(17)20(26)18(13(2)3)24-21(27)28-4/h5,7,9-10,12-13,17-18H,6,8,11H2,1-4H3,(H,22,23)(H,24,27)/b7-5+/t17-,18-/m0/s1. The van der Waals surface area contributed by atoms with Crippen LogP contribution in [-0.4, -0.2) is 46.6 Å². The van der Waals surface area contributed by atoms with Gasteiger partial charge in [0.25, 0.3) is 0 Å². The van der Waals surface area contributed by atoms with Gasteiger partial charge in [-0.15, -0.1) is 0 Å². The maximum atomic E-state index is 13.2. The monoisotopic (exact) mass is 384 g/mol. The topological polar surface area (TPSA) is 87.3 Å². The lowest BCUT2D eigenvalue weighted by Gasteiger charge is -2.29. The predicted octanol–water partition coefficient (Wildman–Crippen LogP) is 3.64. The number of methoxy groups -OCH3 is 1. The van der Waals surface area contributed by atoms with Gasteiger partial charge in [0.15, 0.2) is 0 Å². The molecule has 150 valence electrons. The summed E-state index contributed by atoms with van der Waals surface area (Å²) < 4.78 is 4.68. The second-order valence-corrected chi connectivity index (χ2v) is 7.45. The lowest BCUT2D eigenvalue weighted by molar-refractivity contribution is -0.135. The van der Waals surface area contributed by atoms with Crippen LogP contribution in [0.15, 0.2) is 24.3 Å². The van der Waals surface area contributed by atoms with Crippen LogP contribution >= 0.6 is 0 Å². The number of alkyl carbamates (subject to hydrolysis) is 1. The van der Waals surface area contributed by atoms with Gasteiger partial charge in [-0.1, -0.05) is 32.1 Å². The van der Waals surface area contributed by atoms with Crippen LogP contribution in [0.1, 0.15) is 51.0 Å². The third-order valence-electron chi connectivity index (χ3n) is 5.13. The van der Waals surface area contributed by atoms with Gasteiger partial charge in [-0.05, 0) is 43.4 Å².